The fraction of sp³-hybridized carbons (Fsp3) is 0.375. The van der Waals surface area contributed by atoms with Gasteiger partial charge in [0.05, 0.1) is 5.69 Å². The Morgan fingerprint density at radius 3 is 2.48 bits per heavy atom. The maximum atomic E-state index is 12.3. The highest BCUT2D eigenvalue weighted by atomic mass is 16.2. The summed E-state index contributed by atoms with van der Waals surface area (Å²) in [6, 6.07) is 9.78. The van der Waals surface area contributed by atoms with Gasteiger partial charge in [-0.05, 0) is 30.5 Å². The number of hydrogen-bond acceptors (Lipinski definition) is 3. The van der Waals surface area contributed by atoms with Crippen LogP contribution in [0.25, 0.3) is 0 Å². The third-order valence-electron chi connectivity index (χ3n) is 3.44. The molecule has 0 unspecified atom stereocenters. The van der Waals surface area contributed by atoms with E-state index < -0.39 is 0 Å². The summed E-state index contributed by atoms with van der Waals surface area (Å²) in [5.41, 5.74) is 9.26. The van der Waals surface area contributed by atoms with Crippen LogP contribution >= 0.6 is 0 Å². The number of benzene rings is 1. The number of aromatic nitrogens is 2. The highest BCUT2D eigenvalue weighted by molar-refractivity contribution is 5.92. The Labute approximate surface area is 125 Å². The highest BCUT2D eigenvalue weighted by Gasteiger charge is 2.13. The molecule has 0 bridgehead atoms. The minimum atomic E-state index is -0.0908. The van der Waals surface area contributed by atoms with Gasteiger partial charge in [0, 0.05) is 19.6 Å². The summed E-state index contributed by atoms with van der Waals surface area (Å²) in [7, 11) is 0. The predicted molar refractivity (Wildman–Crippen MR) is 82.8 cm³/mol. The molecular weight excluding hydrogens is 264 g/mol. The van der Waals surface area contributed by atoms with Crippen LogP contribution < -0.4 is 11.1 Å². The van der Waals surface area contributed by atoms with Gasteiger partial charge < -0.3 is 11.1 Å². The average molecular weight is 286 g/mol. The van der Waals surface area contributed by atoms with Crippen LogP contribution in [0.5, 0.6) is 0 Å². The van der Waals surface area contributed by atoms with Crippen molar-refractivity contribution in [2.45, 2.75) is 39.9 Å². The van der Waals surface area contributed by atoms with Gasteiger partial charge in [0.15, 0.2) is 0 Å². The van der Waals surface area contributed by atoms with Crippen molar-refractivity contribution in [1.29, 1.82) is 0 Å². The lowest BCUT2D eigenvalue weighted by molar-refractivity contribution is 0.0940. The van der Waals surface area contributed by atoms with E-state index in [0.717, 1.165) is 23.2 Å². The average Bonchev–Trinajstić information content (AvgIpc) is 2.96. The quantitative estimate of drug-likeness (QED) is 0.851. The molecule has 5 nitrogen and oxygen atoms in total. The fourth-order valence-electron chi connectivity index (χ4n) is 2.13. The van der Waals surface area contributed by atoms with Gasteiger partial charge in [-0.3, -0.25) is 9.48 Å². The molecule has 21 heavy (non-hydrogen) atoms. The second-order valence-electron chi connectivity index (χ2n) is 4.89. The van der Waals surface area contributed by atoms with Crippen LogP contribution in [0.15, 0.2) is 30.3 Å². The lowest BCUT2D eigenvalue weighted by Crippen LogP contribution is -2.25. The molecule has 0 saturated carbocycles. The van der Waals surface area contributed by atoms with Crippen molar-refractivity contribution in [3.63, 3.8) is 0 Å². The molecule has 0 fully saturated rings. The number of aryl methyl sites for hydroxylation is 2. The zero-order valence-electron chi connectivity index (χ0n) is 12.6. The Kier molecular flexibility index (Phi) is 5.11. The van der Waals surface area contributed by atoms with Gasteiger partial charge in [-0.2, -0.15) is 5.10 Å². The lowest BCUT2D eigenvalue weighted by atomic mass is 10.1. The van der Waals surface area contributed by atoms with Crippen molar-refractivity contribution in [3.05, 3.63) is 52.8 Å². The van der Waals surface area contributed by atoms with Crippen LogP contribution in [0.2, 0.25) is 0 Å². The maximum absolute atomic E-state index is 12.3. The molecule has 2 rings (SSSR count). The second kappa shape index (κ2) is 7.04. The molecule has 5 heteroatoms. The van der Waals surface area contributed by atoms with Gasteiger partial charge in [0.1, 0.15) is 5.69 Å². The first-order valence-electron chi connectivity index (χ1n) is 7.30. The van der Waals surface area contributed by atoms with Gasteiger partial charge in [0.2, 0.25) is 0 Å². The number of amides is 1. The SMILES string of the molecule is CCc1cc(C(=O)NCc2ccc(CN)cc2)n(CC)n1. The van der Waals surface area contributed by atoms with Crippen LogP contribution in [0.4, 0.5) is 0 Å². The fourth-order valence-corrected chi connectivity index (χ4v) is 2.13. The molecule has 0 aliphatic rings. The van der Waals surface area contributed by atoms with Crippen LogP contribution in [0.3, 0.4) is 0 Å². The highest BCUT2D eigenvalue weighted by Crippen LogP contribution is 2.07. The van der Waals surface area contributed by atoms with Crippen LogP contribution in [0.1, 0.15) is 41.2 Å². The van der Waals surface area contributed by atoms with Crippen molar-refractivity contribution in [3.8, 4) is 0 Å². The monoisotopic (exact) mass is 286 g/mol. The van der Waals surface area contributed by atoms with E-state index >= 15 is 0 Å². The van der Waals surface area contributed by atoms with Gasteiger partial charge in [0.25, 0.3) is 5.91 Å². The van der Waals surface area contributed by atoms with E-state index in [9.17, 15) is 4.79 Å². The minimum Gasteiger partial charge on any atom is -0.347 e. The third-order valence-corrected chi connectivity index (χ3v) is 3.44. The van der Waals surface area contributed by atoms with E-state index in [4.69, 9.17) is 5.73 Å². The first kappa shape index (κ1) is 15.3. The van der Waals surface area contributed by atoms with Gasteiger partial charge in [-0.25, -0.2) is 0 Å². The topological polar surface area (TPSA) is 72.9 Å². The van der Waals surface area contributed by atoms with Gasteiger partial charge >= 0.3 is 0 Å². The van der Waals surface area contributed by atoms with Crippen LogP contribution in [0, 0.1) is 0 Å². The van der Waals surface area contributed by atoms with Gasteiger partial charge in [-0.15, -0.1) is 0 Å². The largest absolute Gasteiger partial charge is 0.347 e. The molecule has 0 atom stereocenters. The molecule has 1 aromatic carbocycles. The molecule has 0 radical (unpaired) electrons. The molecule has 1 aromatic heterocycles. The zero-order valence-corrected chi connectivity index (χ0v) is 12.6. The molecule has 3 N–H and O–H groups in total. The van der Waals surface area contributed by atoms with Crippen molar-refractivity contribution >= 4 is 5.91 Å². The van der Waals surface area contributed by atoms with E-state index in [2.05, 4.69) is 10.4 Å². The van der Waals surface area contributed by atoms with Crippen molar-refractivity contribution in [2.75, 3.05) is 0 Å². The normalized spacial score (nSPS) is 10.6. The van der Waals surface area contributed by atoms with Crippen molar-refractivity contribution in [2.24, 2.45) is 5.73 Å². The Morgan fingerprint density at radius 2 is 1.90 bits per heavy atom. The minimum absolute atomic E-state index is 0.0908. The lowest BCUT2D eigenvalue weighted by Gasteiger charge is -2.07. The van der Waals surface area contributed by atoms with E-state index in [-0.39, 0.29) is 5.91 Å². The number of rotatable bonds is 6. The van der Waals surface area contributed by atoms with Crippen molar-refractivity contribution in [1.82, 2.24) is 15.1 Å². The zero-order chi connectivity index (χ0) is 15.2. The van der Waals surface area contributed by atoms with Crippen molar-refractivity contribution < 1.29 is 4.79 Å². The summed E-state index contributed by atoms with van der Waals surface area (Å²) in [5.74, 6) is -0.0908. The summed E-state index contributed by atoms with van der Waals surface area (Å²) < 4.78 is 1.74. The Morgan fingerprint density at radius 1 is 1.24 bits per heavy atom. The predicted octanol–water partition coefficient (Wildman–Crippen LogP) is 1.85. The Hall–Kier alpha value is -2.14. The summed E-state index contributed by atoms with van der Waals surface area (Å²) in [5, 5.41) is 7.32. The summed E-state index contributed by atoms with van der Waals surface area (Å²) >= 11 is 0. The summed E-state index contributed by atoms with van der Waals surface area (Å²) in [4.78, 5) is 12.3. The van der Waals surface area contributed by atoms with Crippen LogP contribution in [-0.2, 0) is 26.1 Å². The first-order valence-corrected chi connectivity index (χ1v) is 7.30. The van der Waals surface area contributed by atoms with E-state index in [0.29, 0.717) is 25.3 Å². The molecule has 0 aliphatic heterocycles. The molecule has 1 amide bonds. The van der Waals surface area contributed by atoms with E-state index in [1.807, 2.05) is 44.2 Å². The number of nitrogens with zero attached hydrogens (tertiary/aromatic N) is 2. The molecule has 112 valence electrons. The summed E-state index contributed by atoms with van der Waals surface area (Å²) in [6.07, 6.45) is 0.827. The van der Waals surface area contributed by atoms with Gasteiger partial charge in [-0.1, -0.05) is 31.2 Å². The van der Waals surface area contributed by atoms with E-state index in [1.165, 1.54) is 0 Å². The summed E-state index contributed by atoms with van der Waals surface area (Å²) in [6.45, 7) is 5.73. The van der Waals surface area contributed by atoms with Crippen LogP contribution in [-0.4, -0.2) is 15.7 Å². The standard InChI is InChI=1S/C16H22N4O/c1-3-14-9-15(20(4-2)19-14)16(21)18-11-13-7-5-12(10-17)6-8-13/h5-9H,3-4,10-11,17H2,1-2H3,(H,18,21). The molecule has 0 spiro atoms. The first-order chi connectivity index (χ1) is 10.2. The molecule has 2 aromatic rings. The smallest absolute Gasteiger partial charge is 0.269 e. The van der Waals surface area contributed by atoms with E-state index in [1.54, 1.807) is 4.68 Å². The Balaban J connectivity index is 2.02. The maximum Gasteiger partial charge on any atom is 0.269 e. The molecular formula is C16H22N4O. The molecule has 0 aliphatic carbocycles. The number of hydrogen-bond donors (Lipinski definition) is 2. The number of nitrogens with two attached hydrogens (primary N) is 1. The second-order valence-corrected chi connectivity index (χ2v) is 4.89. The molecule has 0 saturated heterocycles. The Bertz CT molecular complexity index is 601. The third kappa shape index (κ3) is 3.70. The number of carbonyl (C=O) groups excluding carboxylic acids is 1. The number of carbonyl (C=O) groups is 1. The number of nitrogens with one attached hydrogen (secondary N) is 1. The molecule has 1 heterocycles.